The predicted molar refractivity (Wildman–Crippen MR) is 130 cm³/mol. The van der Waals surface area contributed by atoms with Crippen molar-refractivity contribution >= 4 is 21.3 Å². The first-order valence-corrected chi connectivity index (χ1v) is 12.8. The van der Waals surface area contributed by atoms with E-state index >= 15 is 0 Å². The van der Waals surface area contributed by atoms with Crippen LogP contribution in [0.25, 0.3) is 0 Å². The smallest absolute Gasteiger partial charge is 0.396 e. The minimum Gasteiger partial charge on any atom is -0.396 e. The van der Waals surface area contributed by atoms with Crippen LogP contribution in [0.3, 0.4) is 0 Å². The Morgan fingerprint density at radius 3 is 2.49 bits per heavy atom. The summed E-state index contributed by atoms with van der Waals surface area (Å²) in [4.78, 5) is 4.62. The molecule has 0 fully saturated rings. The number of benzene rings is 2. The van der Waals surface area contributed by atoms with Gasteiger partial charge in [0.15, 0.2) is 0 Å². The van der Waals surface area contributed by atoms with Gasteiger partial charge in [-0.15, -0.1) is 0 Å². The second kappa shape index (κ2) is 10.5. The molecule has 3 N–H and O–H groups in total. The monoisotopic (exact) mass is 502 g/mol. The third kappa shape index (κ3) is 6.03. The Kier molecular flexibility index (Phi) is 7.45. The van der Waals surface area contributed by atoms with Gasteiger partial charge in [0, 0.05) is 41.8 Å². The maximum atomic E-state index is 13.8. The molecular formula is C25H25F3N4O2S. The molecule has 0 aliphatic carbocycles. The highest BCUT2D eigenvalue weighted by molar-refractivity contribution is 7.93. The lowest BCUT2D eigenvalue weighted by atomic mass is 10.0. The molecule has 2 aliphatic heterocycles. The molecule has 0 bridgehead atoms. The van der Waals surface area contributed by atoms with Crippen molar-refractivity contribution in [3.8, 4) is 0 Å². The molecule has 2 atom stereocenters. The fraction of sp³-hybridized carbons (Fsp3) is 0.280. The largest absolute Gasteiger partial charge is 0.420 e. The van der Waals surface area contributed by atoms with Crippen LogP contribution in [0.4, 0.5) is 18.9 Å². The van der Waals surface area contributed by atoms with Crippen LogP contribution in [-0.2, 0) is 9.73 Å². The number of aliphatic hydroxyl groups excluding tert-OH is 1. The number of amidine groups is 1. The Hall–Kier alpha value is -3.33. The molecule has 0 amide bonds. The molecule has 2 aliphatic rings. The first-order chi connectivity index (χ1) is 16.8. The third-order valence-electron chi connectivity index (χ3n) is 5.57. The number of alkyl halides is 3. The molecule has 10 heteroatoms. The second-order valence-corrected chi connectivity index (χ2v) is 10.5. The molecule has 2 heterocycles. The Morgan fingerprint density at radius 1 is 1.11 bits per heavy atom. The zero-order valence-corrected chi connectivity index (χ0v) is 19.6. The number of hydrogen-bond donors (Lipinski definition) is 3. The molecule has 2 unspecified atom stereocenters. The summed E-state index contributed by atoms with van der Waals surface area (Å²) in [6.45, 7) is 0.383. The number of nitrogens with one attached hydrogen (secondary N) is 2. The number of hydrogen-bond acceptors (Lipinski definition) is 6. The standard InChI is InChI=1S/C25H25F3N4O2S/c26-25(27,28)21-17-29-24(31-19-7-9-20(10-8-19)35(34)16-4-14-30-35)12-11-23(21)32-22(13-15-33)18-5-2-1-3-6-18/h1-3,5-10,12,17,22,32-33H,4,13-16H2,(H,29,31). The van der Waals surface area contributed by atoms with E-state index in [-0.39, 0.29) is 24.6 Å². The molecule has 0 saturated carbocycles. The maximum absolute atomic E-state index is 13.8. The van der Waals surface area contributed by atoms with Gasteiger partial charge in [-0.05, 0) is 42.7 Å². The van der Waals surface area contributed by atoms with Crippen LogP contribution in [0.2, 0.25) is 0 Å². The van der Waals surface area contributed by atoms with Crippen LogP contribution in [-0.4, -0.2) is 40.2 Å². The summed E-state index contributed by atoms with van der Waals surface area (Å²) in [5, 5.41) is 15.3. The van der Waals surface area contributed by atoms with Gasteiger partial charge in [0.05, 0.1) is 21.5 Å². The average molecular weight is 503 g/mol. The van der Waals surface area contributed by atoms with Gasteiger partial charge < -0.3 is 15.7 Å². The fourth-order valence-corrected chi connectivity index (χ4v) is 5.82. The van der Waals surface area contributed by atoms with E-state index in [0.29, 0.717) is 22.9 Å². The second-order valence-electron chi connectivity index (χ2n) is 8.04. The summed E-state index contributed by atoms with van der Waals surface area (Å²) in [5.74, 6) is 0.686. The zero-order chi connectivity index (χ0) is 24.9. The quantitative estimate of drug-likeness (QED) is 0.468. The van der Waals surface area contributed by atoms with E-state index in [1.807, 2.05) is 6.07 Å². The summed E-state index contributed by atoms with van der Waals surface area (Å²) < 4.78 is 58.5. The lowest BCUT2D eigenvalue weighted by Crippen LogP contribution is -2.27. The van der Waals surface area contributed by atoms with Gasteiger partial charge in [-0.25, -0.2) is 13.6 Å². The normalized spacial score (nSPS) is 20.7. The van der Waals surface area contributed by atoms with Crippen LogP contribution in [0, 0.1) is 0 Å². The summed E-state index contributed by atoms with van der Waals surface area (Å²) >= 11 is 0. The molecular weight excluding hydrogens is 477 g/mol. The van der Waals surface area contributed by atoms with E-state index in [9.17, 15) is 22.5 Å². The van der Waals surface area contributed by atoms with E-state index in [1.54, 1.807) is 48.5 Å². The Bertz CT molecular complexity index is 1300. The number of anilines is 1. The lowest BCUT2D eigenvalue weighted by Gasteiger charge is -2.22. The van der Waals surface area contributed by atoms with Crippen molar-refractivity contribution in [2.24, 2.45) is 9.36 Å². The van der Waals surface area contributed by atoms with Crippen molar-refractivity contribution in [3.05, 3.63) is 89.4 Å². The number of aliphatic imine (C=N–C) groups is 1. The van der Waals surface area contributed by atoms with Gasteiger partial charge in [-0.2, -0.15) is 13.2 Å². The maximum Gasteiger partial charge on any atom is 0.420 e. The SMILES string of the molecule is O=S1(c2ccc(NC3=NC=C(C(F)(F)F)C(NC(CCO)c4ccccc4)=C=C3)cc2)=NCCC1. The van der Waals surface area contributed by atoms with Gasteiger partial charge in [0.25, 0.3) is 0 Å². The highest BCUT2D eigenvalue weighted by atomic mass is 32.2. The molecule has 2 aromatic carbocycles. The summed E-state index contributed by atoms with van der Waals surface area (Å²) in [7, 11) is -2.38. The third-order valence-corrected chi connectivity index (χ3v) is 8.02. The van der Waals surface area contributed by atoms with Crippen molar-refractivity contribution in [3.63, 3.8) is 0 Å². The van der Waals surface area contributed by atoms with Gasteiger partial charge >= 0.3 is 6.18 Å². The molecule has 0 spiro atoms. The molecule has 2 aromatic rings. The minimum atomic E-state index is -4.67. The fourth-order valence-electron chi connectivity index (χ4n) is 3.80. The Labute approximate surface area is 202 Å². The van der Waals surface area contributed by atoms with Crippen LogP contribution in [0.1, 0.15) is 24.4 Å². The molecule has 184 valence electrons. The first kappa shape index (κ1) is 24.8. The molecule has 6 nitrogen and oxygen atoms in total. The average Bonchev–Trinajstić information content (AvgIpc) is 3.19. The van der Waals surface area contributed by atoms with Crippen LogP contribution >= 0.6 is 0 Å². The highest BCUT2D eigenvalue weighted by Gasteiger charge is 2.37. The molecule has 35 heavy (non-hydrogen) atoms. The zero-order valence-electron chi connectivity index (χ0n) is 18.8. The minimum absolute atomic E-state index is 0.157. The van der Waals surface area contributed by atoms with Crippen molar-refractivity contribution in [2.45, 2.75) is 30.0 Å². The summed E-state index contributed by atoms with van der Waals surface area (Å²) in [6.07, 6.45) is -1.57. The number of nitrogens with zero attached hydrogens (tertiary/aromatic N) is 2. The van der Waals surface area contributed by atoms with E-state index in [4.69, 9.17) is 0 Å². The van der Waals surface area contributed by atoms with Crippen LogP contribution in [0.15, 0.2) is 98.1 Å². The molecule has 0 aromatic heterocycles. The van der Waals surface area contributed by atoms with Gasteiger partial charge in [0.1, 0.15) is 11.4 Å². The summed E-state index contributed by atoms with van der Waals surface area (Å²) in [5.41, 5.74) is 2.77. The van der Waals surface area contributed by atoms with E-state index in [2.05, 4.69) is 25.7 Å². The topological polar surface area (TPSA) is 86.1 Å². The van der Waals surface area contributed by atoms with Gasteiger partial charge in [-0.1, -0.05) is 36.1 Å². The summed E-state index contributed by atoms with van der Waals surface area (Å²) in [6, 6.07) is 15.2. The molecule has 0 radical (unpaired) electrons. The molecule has 0 saturated heterocycles. The van der Waals surface area contributed by atoms with Crippen molar-refractivity contribution in [1.29, 1.82) is 0 Å². The van der Waals surface area contributed by atoms with Crippen molar-refractivity contribution in [2.75, 3.05) is 24.2 Å². The van der Waals surface area contributed by atoms with Crippen molar-refractivity contribution in [1.82, 2.24) is 5.32 Å². The van der Waals surface area contributed by atoms with Gasteiger partial charge in [0.2, 0.25) is 0 Å². The van der Waals surface area contributed by atoms with Crippen LogP contribution < -0.4 is 10.6 Å². The highest BCUT2D eigenvalue weighted by Crippen LogP contribution is 2.32. The lowest BCUT2D eigenvalue weighted by molar-refractivity contribution is -0.0901. The Morgan fingerprint density at radius 2 is 1.86 bits per heavy atom. The van der Waals surface area contributed by atoms with E-state index in [1.165, 1.54) is 6.08 Å². The van der Waals surface area contributed by atoms with E-state index in [0.717, 1.165) is 18.2 Å². The predicted octanol–water partition coefficient (Wildman–Crippen LogP) is 4.94. The van der Waals surface area contributed by atoms with Crippen LogP contribution in [0.5, 0.6) is 0 Å². The van der Waals surface area contributed by atoms with E-state index < -0.39 is 27.5 Å². The first-order valence-electron chi connectivity index (χ1n) is 11.1. The Balaban J connectivity index is 1.59. The molecule has 4 rings (SSSR count). The number of rotatable bonds is 7. The number of halogens is 3. The van der Waals surface area contributed by atoms with Gasteiger partial charge in [-0.3, -0.25) is 0 Å². The number of aliphatic hydroxyl groups is 1. The van der Waals surface area contributed by atoms with Crippen molar-refractivity contribution < 1.29 is 22.5 Å².